The third kappa shape index (κ3) is 6.30. The van der Waals surface area contributed by atoms with Gasteiger partial charge in [-0.2, -0.15) is 0 Å². The van der Waals surface area contributed by atoms with Gasteiger partial charge in [-0.1, -0.05) is 18.2 Å². The number of carbonyl (C=O) groups excluding carboxylic acids is 2. The lowest BCUT2D eigenvalue weighted by molar-refractivity contribution is -0.121. The number of hydrogen-bond acceptors (Lipinski definition) is 7. The summed E-state index contributed by atoms with van der Waals surface area (Å²) < 4.78 is 45.9. The largest absolute Gasteiger partial charge is 0.480 e. The van der Waals surface area contributed by atoms with Gasteiger partial charge in [0.05, 0.1) is 31.4 Å². The van der Waals surface area contributed by atoms with Crippen LogP contribution in [0.2, 0.25) is 0 Å². The van der Waals surface area contributed by atoms with Crippen LogP contribution in [0.15, 0.2) is 54.9 Å². The molecule has 0 spiro atoms. The third-order valence-corrected chi connectivity index (χ3v) is 6.19. The van der Waals surface area contributed by atoms with E-state index in [9.17, 15) is 18.0 Å². The minimum Gasteiger partial charge on any atom is -0.480 e. The number of ether oxygens (including phenoxy) is 1. The van der Waals surface area contributed by atoms with Gasteiger partial charge in [0.25, 0.3) is 0 Å². The van der Waals surface area contributed by atoms with Crippen LogP contribution in [0.5, 0.6) is 5.88 Å². The molecule has 194 valence electrons. The molecule has 0 unspecified atom stereocenters. The van der Waals surface area contributed by atoms with Crippen LogP contribution < -0.4 is 25.0 Å². The van der Waals surface area contributed by atoms with Gasteiger partial charge in [0.1, 0.15) is 11.9 Å². The van der Waals surface area contributed by atoms with Crippen LogP contribution in [0.4, 0.5) is 26.4 Å². The number of carbonyl (C=O) groups is 2. The third-order valence-electron chi connectivity index (χ3n) is 5.60. The lowest BCUT2D eigenvalue weighted by atomic mass is 10.0. The number of para-hydroxylation sites is 1. The molecule has 1 aromatic heterocycles. The number of amides is 3. The van der Waals surface area contributed by atoms with Crippen molar-refractivity contribution >= 4 is 39.2 Å². The van der Waals surface area contributed by atoms with E-state index >= 15 is 4.39 Å². The number of aromatic nitrogens is 2. The Morgan fingerprint density at radius 3 is 2.59 bits per heavy atom. The maximum absolute atomic E-state index is 15.2. The summed E-state index contributed by atoms with van der Waals surface area (Å²) >= 11 is 0. The highest BCUT2D eigenvalue weighted by Crippen LogP contribution is 2.33. The molecular weight excluding hydrogens is 503 g/mol. The maximum Gasteiger partial charge on any atom is 0.321 e. The second-order valence-corrected chi connectivity index (χ2v) is 10.1. The summed E-state index contributed by atoms with van der Waals surface area (Å²) in [7, 11) is -2.13. The number of rotatable bonds is 7. The molecule has 1 atom stereocenters. The average Bonchev–Trinajstić information content (AvgIpc) is 2.85. The first-order valence-electron chi connectivity index (χ1n) is 11.3. The fraction of sp³-hybridized carbons (Fsp3) is 0.250. The average molecular weight is 529 g/mol. The number of nitrogens with zero attached hydrogens (tertiary/aromatic N) is 3. The SMILES string of the molecule is COc1cnc(NC(=O)N[C@@H]2CCCN(c3ccc(-c4ccccc4NS(C)(=O)=O)c(F)c3)C2=O)cn1. The Labute approximate surface area is 213 Å². The maximum atomic E-state index is 15.2. The van der Waals surface area contributed by atoms with Gasteiger partial charge in [-0.3, -0.25) is 14.8 Å². The predicted octanol–water partition coefficient (Wildman–Crippen LogP) is 2.98. The summed E-state index contributed by atoms with van der Waals surface area (Å²) in [5.74, 6) is -0.536. The minimum atomic E-state index is -3.57. The molecular formula is C24H25FN6O5S. The monoisotopic (exact) mass is 528 g/mol. The first-order chi connectivity index (χ1) is 17.6. The Balaban J connectivity index is 1.48. The quantitative estimate of drug-likeness (QED) is 0.428. The molecule has 3 amide bonds. The van der Waals surface area contributed by atoms with Gasteiger partial charge < -0.3 is 15.0 Å². The predicted molar refractivity (Wildman–Crippen MR) is 136 cm³/mol. The molecule has 0 aliphatic carbocycles. The Kier molecular flexibility index (Phi) is 7.53. The van der Waals surface area contributed by atoms with E-state index in [0.717, 1.165) is 6.26 Å². The fourth-order valence-electron chi connectivity index (χ4n) is 3.96. The van der Waals surface area contributed by atoms with Crippen molar-refractivity contribution in [1.29, 1.82) is 0 Å². The van der Waals surface area contributed by atoms with E-state index < -0.39 is 27.9 Å². The van der Waals surface area contributed by atoms with Crippen LogP contribution in [0, 0.1) is 5.82 Å². The zero-order valence-electron chi connectivity index (χ0n) is 20.1. The second kappa shape index (κ2) is 10.8. The van der Waals surface area contributed by atoms with Crippen LogP contribution in [0.3, 0.4) is 0 Å². The number of anilines is 3. The van der Waals surface area contributed by atoms with Crippen molar-refractivity contribution in [2.24, 2.45) is 0 Å². The number of nitrogens with one attached hydrogen (secondary N) is 3. The zero-order chi connectivity index (χ0) is 26.6. The summed E-state index contributed by atoms with van der Waals surface area (Å²) in [5, 5.41) is 5.14. The number of halogens is 1. The molecule has 4 rings (SSSR count). The van der Waals surface area contributed by atoms with E-state index in [4.69, 9.17) is 4.74 Å². The number of benzene rings is 2. The van der Waals surface area contributed by atoms with Crippen molar-refractivity contribution < 1.29 is 27.1 Å². The first kappa shape index (κ1) is 25.8. The van der Waals surface area contributed by atoms with E-state index in [2.05, 4.69) is 25.3 Å². The molecule has 13 heteroatoms. The van der Waals surface area contributed by atoms with Gasteiger partial charge in [-0.25, -0.2) is 27.6 Å². The molecule has 2 heterocycles. The summed E-state index contributed by atoms with van der Waals surface area (Å²) in [6.07, 6.45) is 4.68. The normalized spacial score (nSPS) is 15.7. The smallest absolute Gasteiger partial charge is 0.321 e. The Hall–Kier alpha value is -4.26. The molecule has 37 heavy (non-hydrogen) atoms. The highest BCUT2D eigenvalue weighted by atomic mass is 32.2. The molecule has 2 aromatic carbocycles. The lowest BCUT2D eigenvalue weighted by Gasteiger charge is -2.32. The van der Waals surface area contributed by atoms with E-state index in [1.165, 1.54) is 42.6 Å². The molecule has 0 bridgehead atoms. The van der Waals surface area contributed by atoms with Crippen LogP contribution in [-0.4, -0.2) is 56.3 Å². The van der Waals surface area contributed by atoms with Gasteiger partial charge >= 0.3 is 6.03 Å². The van der Waals surface area contributed by atoms with Gasteiger partial charge in [0.2, 0.25) is 21.8 Å². The molecule has 1 aliphatic rings. The molecule has 0 radical (unpaired) electrons. The van der Waals surface area contributed by atoms with Gasteiger partial charge in [-0.05, 0) is 37.1 Å². The standard InChI is InChI=1S/C24H25FN6O5S/c1-36-22-14-26-21(13-27-22)29-24(33)28-20-8-5-11-31(23(20)32)15-9-10-16(18(25)12-15)17-6-3-4-7-19(17)30-37(2,34)35/h3-4,6-7,9-10,12-14,20,30H,5,8,11H2,1-2H3,(H2,26,28,29,33)/t20-/m1/s1. The summed E-state index contributed by atoms with van der Waals surface area (Å²) in [6, 6.07) is 9.30. The van der Waals surface area contributed by atoms with Crippen molar-refractivity contribution in [3.63, 3.8) is 0 Å². The summed E-state index contributed by atoms with van der Waals surface area (Å²) in [5.41, 5.74) is 1.10. The van der Waals surface area contributed by atoms with E-state index in [0.29, 0.717) is 30.6 Å². The van der Waals surface area contributed by atoms with Crippen molar-refractivity contribution in [2.45, 2.75) is 18.9 Å². The second-order valence-electron chi connectivity index (χ2n) is 8.31. The number of sulfonamides is 1. The van der Waals surface area contributed by atoms with E-state index in [-0.39, 0.29) is 28.9 Å². The van der Waals surface area contributed by atoms with Gasteiger partial charge in [-0.15, -0.1) is 0 Å². The summed E-state index contributed by atoms with van der Waals surface area (Å²) in [6.45, 7) is 0.355. The van der Waals surface area contributed by atoms with Crippen LogP contribution in [0.1, 0.15) is 12.8 Å². The molecule has 11 nitrogen and oxygen atoms in total. The number of hydrogen-bond donors (Lipinski definition) is 3. The van der Waals surface area contributed by atoms with Crippen LogP contribution in [-0.2, 0) is 14.8 Å². The van der Waals surface area contributed by atoms with Crippen molar-refractivity contribution in [3.8, 4) is 17.0 Å². The van der Waals surface area contributed by atoms with Crippen molar-refractivity contribution in [2.75, 3.05) is 34.8 Å². The number of urea groups is 1. The fourth-order valence-corrected chi connectivity index (χ4v) is 4.54. The summed E-state index contributed by atoms with van der Waals surface area (Å²) in [4.78, 5) is 34.9. The van der Waals surface area contributed by atoms with E-state index in [1.807, 2.05) is 0 Å². The lowest BCUT2D eigenvalue weighted by Crippen LogP contribution is -2.53. The highest BCUT2D eigenvalue weighted by Gasteiger charge is 2.31. The van der Waals surface area contributed by atoms with Gasteiger partial charge in [0.15, 0.2) is 5.82 Å². The number of piperidine rings is 1. The highest BCUT2D eigenvalue weighted by molar-refractivity contribution is 7.92. The molecule has 3 N–H and O–H groups in total. The Morgan fingerprint density at radius 2 is 1.92 bits per heavy atom. The van der Waals surface area contributed by atoms with Crippen molar-refractivity contribution in [1.82, 2.24) is 15.3 Å². The molecule has 3 aromatic rings. The topological polar surface area (TPSA) is 143 Å². The van der Waals surface area contributed by atoms with Crippen LogP contribution >= 0.6 is 0 Å². The molecule has 1 saturated heterocycles. The molecule has 1 fully saturated rings. The molecule has 0 saturated carbocycles. The minimum absolute atomic E-state index is 0.176. The van der Waals surface area contributed by atoms with Crippen molar-refractivity contribution in [3.05, 3.63) is 60.7 Å². The first-order valence-corrected chi connectivity index (χ1v) is 13.2. The van der Waals surface area contributed by atoms with Crippen LogP contribution in [0.25, 0.3) is 11.1 Å². The van der Waals surface area contributed by atoms with E-state index in [1.54, 1.807) is 24.3 Å². The van der Waals surface area contributed by atoms with Gasteiger partial charge in [0, 0.05) is 23.4 Å². The Bertz CT molecular complexity index is 1420. The number of methoxy groups -OCH3 is 1. The molecule has 1 aliphatic heterocycles. The zero-order valence-corrected chi connectivity index (χ0v) is 20.9. The Morgan fingerprint density at radius 1 is 1.14 bits per heavy atom.